The fraction of sp³-hybridized carbons (Fsp3) is 0.348. The molecule has 0 spiro atoms. The molecule has 1 saturated heterocycles. The third-order valence-corrected chi connectivity index (χ3v) is 5.82. The Morgan fingerprint density at radius 2 is 1.58 bits per heavy atom. The highest BCUT2D eigenvalue weighted by molar-refractivity contribution is 9.10. The molecule has 0 bridgehead atoms. The van der Waals surface area contributed by atoms with E-state index in [-0.39, 0.29) is 18.4 Å². The third kappa shape index (κ3) is 6.30. The minimum atomic E-state index is -0.776. The molecule has 3 rings (SSSR count). The number of hydrogen-bond donors (Lipinski definition) is 0. The Hall–Kier alpha value is -2.87. The van der Waals surface area contributed by atoms with Crippen molar-refractivity contribution in [1.82, 2.24) is 9.80 Å². The summed E-state index contributed by atoms with van der Waals surface area (Å²) in [7, 11) is 0. The van der Waals surface area contributed by atoms with Crippen molar-refractivity contribution in [2.45, 2.75) is 19.8 Å². The SMILES string of the molecule is CCOC(=O)Oc1ccc(C(=O)N2CCN(C(=O)CCc3ccccc3Br)CC2)cc1. The number of benzene rings is 2. The first kappa shape index (κ1) is 22.8. The topological polar surface area (TPSA) is 76.2 Å². The number of ether oxygens (including phenoxy) is 2. The van der Waals surface area contributed by atoms with Crippen LogP contribution in [0.2, 0.25) is 0 Å². The molecule has 0 N–H and O–H groups in total. The average Bonchev–Trinajstić information content (AvgIpc) is 2.78. The van der Waals surface area contributed by atoms with E-state index < -0.39 is 6.16 Å². The van der Waals surface area contributed by atoms with Gasteiger partial charge in [-0.3, -0.25) is 9.59 Å². The van der Waals surface area contributed by atoms with Gasteiger partial charge >= 0.3 is 6.16 Å². The summed E-state index contributed by atoms with van der Waals surface area (Å²) in [5, 5.41) is 0. The Morgan fingerprint density at radius 3 is 2.23 bits per heavy atom. The summed E-state index contributed by atoms with van der Waals surface area (Å²) in [6, 6.07) is 14.3. The van der Waals surface area contributed by atoms with Crippen molar-refractivity contribution in [2.75, 3.05) is 32.8 Å². The Morgan fingerprint density at radius 1 is 0.935 bits per heavy atom. The monoisotopic (exact) mass is 488 g/mol. The molecule has 1 aliphatic heterocycles. The molecule has 0 aliphatic carbocycles. The second-order valence-corrected chi connectivity index (χ2v) is 7.93. The van der Waals surface area contributed by atoms with Crippen LogP contribution in [0.3, 0.4) is 0 Å². The van der Waals surface area contributed by atoms with Gasteiger partial charge in [-0.25, -0.2) is 4.79 Å². The zero-order valence-electron chi connectivity index (χ0n) is 17.4. The van der Waals surface area contributed by atoms with Gasteiger partial charge in [0.15, 0.2) is 0 Å². The van der Waals surface area contributed by atoms with Crippen LogP contribution in [0.4, 0.5) is 4.79 Å². The number of amides is 2. The number of aryl methyl sites for hydroxylation is 1. The van der Waals surface area contributed by atoms with Crippen LogP contribution in [0.1, 0.15) is 29.3 Å². The van der Waals surface area contributed by atoms with Gasteiger partial charge in [-0.1, -0.05) is 34.1 Å². The second-order valence-electron chi connectivity index (χ2n) is 7.07. The molecule has 8 heteroatoms. The Labute approximate surface area is 190 Å². The molecule has 1 aliphatic rings. The minimum absolute atomic E-state index is 0.100. The smallest absolute Gasteiger partial charge is 0.434 e. The number of halogens is 1. The Bertz CT molecular complexity index is 924. The lowest BCUT2D eigenvalue weighted by Gasteiger charge is -2.35. The lowest BCUT2D eigenvalue weighted by atomic mass is 10.1. The first-order chi connectivity index (χ1) is 15.0. The lowest BCUT2D eigenvalue weighted by molar-refractivity contribution is -0.132. The fourth-order valence-corrected chi connectivity index (χ4v) is 3.83. The molecular weight excluding hydrogens is 464 g/mol. The number of carbonyl (C=O) groups is 3. The van der Waals surface area contributed by atoms with Crippen LogP contribution in [0.15, 0.2) is 53.0 Å². The molecule has 0 radical (unpaired) electrons. The van der Waals surface area contributed by atoms with E-state index in [1.807, 2.05) is 29.2 Å². The van der Waals surface area contributed by atoms with Gasteiger partial charge in [-0.15, -0.1) is 0 Å². The molecule has 1 heterocycles. The van der Waals surface area contributed by atoms with E-state index in [9.17, 15) is 14.4 Å². The first-order valence-electron chi connectivity index (χ1n) is 10.2. The van der Waals surface area contributed by atoms with Crippen LogP contribution < -0.4 is 4.74 Å². The predicted molar refractivity (Wildman–Crippen MR) is 119 cm³/mol. The maximum Gasteiger partial charge on any atom is 0.513 e. The molecule has 1 fully saturated rings. The third-order valence-electron chi connectivity index (χ3n) is 5.05. The van der Waals surface area contributed by atoms with E-state index >= 15 is 0 Å². The molecule has 0 atom stereocenters. The van der Waals surface area contributed by atoms with Gasteiger partial charge in [-0.05, 0) is 49.2 Å². The quantitative estimate of drug-likeness (QED) is 0.455. The normalized spacial score (nSPS) is 13.6. The highest BCUT2D eigenvalue weighted by Gasteiger charge is 2.25. The van der Waals surface area contributed by atoms with Crippen molar-refractivity contribution in [3.05, 3.63) is 64.1 Å². The van der Waals surface area contributed by atoms with Crippen LogP contribution in [0, 0.1) is 0 Å². The van der Waals surface area contributed by atoms with Crippen molar-refractivity contribution >= 4 is 33.9 Å². The highest BCUT2D eigenvalue weighted by atomic mass is 79.9. The summed E-state index contributed by atoms with van der Waals surface area (Å²) in [5.41, 5.74) is 1.62. The van der Waals surface area contributed by atoms with Crippen molar-refractivity contribution in [3.8, 4) is 5.75 Å². The standard InChI is InChI=1S/C23H25BrN2O5/c1-2-30-23(29)31-19-10-7-18(8-11-19)22(28)26-15-13-25(14-16-26)21(27)12-9-17-5-3-4-6-20(17)24/h3-8,10-11H,2,9,12-16H2,1H3. The van der Waals surface area contributed by atoms with E-state index in [2.05, 4.69) is 15.9 Å². The maximum atomic E-state index is 12.7. The van der Waals surface area contributed by atoms with Crippen LogP contribution in [-0.4, -0.2) is 60.6 Å². The molecule has 0 aromatic heterocycles. The molecule has 7 nitrogen and oxygen atoms in total. The first-order valence-corrected chi connectivity index (χ1v) is 11.0. The summed E-state index contributed by atoms with van der Waals surface area (Å²) in [6.07, 6.45) is 0.347. The molecule has 2 aromatic rings. The average molecular weight is 489 g/mol. The largest absolute Gasteiger partial charge is 0.513 e. The van der Waals surface area contributed by atoms with Gasteiger partial charge in [0.05, 0.1) is 6.61 Å². The zero-order valence-corrected chi connectivity index (χ0v) is 19.0. The lowest BCUT2D eigenvalue weighted by Crippen LogP contribution is -2.50. The molecule has 31 heavy (non-hydrogen) atoms. The number of carbonyl (C=O) groups excluding carboxylic acids is 3. The van der Waals surface area contributed by atoms with Crippen molar-refractivity contribution in [3.63, 3.8) is 0 Å². The van der Waals surface area contributed by atoms with Gasteiger partial charge in [0.1, 0.15) is 5.75 Å². The van der Waals surface area contributed by atoms with Crippen molar-refractivity contribution in [2.24, 2.45) is 0 Å². The van der Waals surface area contributed by atoms with Crippen LogP contribution >= 0.6 is 15.9 Å². The van der Waals surface area contributed by atoms with Gasteiger partial charge in [0, 0.05) is 42.6 Å². The molecule has 2 aromatic carbocycles. The Kier molecular flexibility index (Phi) is 8.06. The van der Waals surface area contributed by atoms with Gasteiger partial charge in [-0.2, -0.15) is 0 Å². The molecule has 0 unspecified atom stereocenters. The van der Waals surface area contributed by atoms with E-state index in [0.29, 0.717) is 50.3 Å². The summed E-state index contributed by atoms with van der Waals surface area (Å²) in [5.74, 6) is 0.307. The van der Waals surface area contributed by atoms with Gasteiger partial charge < -0.3 is 19.3 Å². The van der Waals surface area contributed by atoms with Crippen molar-refractivity contribution in [1.29, 1.82) is 0 Å². The molecule has 164 valence electrons. The molecular formula is C23H25BrN2O5. The number of rotatable bonds is 6. The molecule has 2 amide bonds. The predicted octanol–water partition coefficient (Wildman–Crippen LogP) is 3.90. The zero-order chi connectivity index (χ0) is 22.2. The summed E-state index contributed by atoms with van der Waals surface area (Å²) in [4.78, 5) is 40.2. The van der Waals surface area contributed by atoms with Crippen molar-refractivity contribution < 1.29 is 23.9 Å². The second kappa shape index (κ2) is 10.9. The van der Waals surface area contributed by atoms with Gasteiger partial charge in [0.25, 0.3) is 5.91 Å². The fourth-order valence-electron chi connectivity index (χ4n) is 3.35. The van der Waals surface area contributed by atoms with Crippen LogP contribution in [0.25, 0.3) is 0 Å². The van der Waals surface area contributed by atoms with E-state index in [4.69, 9.17) is 9.47 Å². The summed E-state index contributed by atoms with van der Waals surface area (Å²) < 4.78 is 10.7. The van der Waals surface area contributed by atoms with Gasteiger partial charge in [0.2, 0.25) is 5.91 Å². The minimum Gasteiger partial charge on any atom is -0.434 e. The number of piperazine rings is 1. The number of nitrogens with zero attached hydrogens (tertiary/aromatic N) is 2. The van der Waals surface area contributed by atoms with Crippen LogP contribution in [0.5, 0.6) is 5.75 Å². The summed E-state index contributed by atoms with van der Waals surface area (Å²) >= 11 is 3.51. The maximum absolute atomic E-state index is 12.7. The molecule has 0 saturated carbocycles. The van der Waals surface area contributed by atoms with E-state index in [1.54, 1.807) is 36.1 Å². The summed E-state index contributed by atoms with van der Waals surface area (Å²) in [6.45, 7) is 3.93. The van der Waals surface area contributed by atoms with E-state index in [1.165, 1.54) is 0 Å². The van der Waals surface area contributed by atoms with Crippen LogP contribution in [-0.2, 0) is 16.0 Å². The highest BCUT2D eigenvalue weighted by Crippen LogP contribution is 2.19. The Balaban J connectivity index is 1.47. The van der Waals surface area contributed by atoms with E-state index in [0.717, 1.165) is 10.0 Å². The number of hydrogen-bond acceptors (Lipinski definition) is 5.